The standard InChI is InChI=1S/C14H12Br2N2O3/c15-8-4-3-5-9(16)10(8)18-12(20)14(6-1-2-7-14)11(19)17-13(18)21/h3-5H,1-2,6-7H2,(H,17,19,21). The highest BCUT2D eigenvalue weighted by molar-refractivity contribution is 9.11. The van der Waals surface area contributed by atoms with Gasteiger partial charge in [0.15, 0.2) is 0 Å². The second kappa shape index (κ2) is 5.21. The minimum absolute atomic E-state index is 0.429. The highest BCUT2D eigenvalue weighted by atomic mass is 79.9. The smallest absolute Gasteiger partial charge is 0.276 e. The molecular formula is C14H12Br2N2O3. The number of nitrogens with one attached hydrogen (secondary N) is 1. The Morgan fingerprint density at radius 1 is 1.05 bits per heavy atom. The molecule has 1 aromatic rings. The molecule has 0 unspecified atom stereocenters. The van der Waals surface area contributed by atoms with Gasteiger partial charge in [0.2, 0.25) is 5.91 Å². The van der Waals surface area contributed by atoms with E-state index in [2.05, 4.69) is 37.2 Å². The Balaban J connectivity index is 2.11. The number of urea groups is 1. The zero-order chi connectivity index (χ0) is 15.2. The number of imide groups is 2. The summed E-state index contributed by atoms with van der Waals surface area (Å²) in [6.07, 6.45) is 2.61. The second-order valence-electron chi connectivity index (χ2n) is 5.26. The summed E-state index contributed by atoms with van der Waals surface area (Å²) in [5.41, 5.74) is -0.665. The molecule has 1 heterocycles. The molecule has 1 saturated heterocycles. The minimum Gasteiger partial charge on any atom is -0.276 e. The number of carbonyl (C=O) groups is 3. The molecule has 0 radical (unpaired) electrons. The molecule has 0 atom stereocenters. The van der Waals surface area contributed by atoms with Gasteiger partial charge in [0.25, 0.3) is 5.91 Å². The van der Waals surface area contributed by atoms with Crippen molar-refractivity contribution in [1.29, 1.82) is 0 Å². The van der Waals surface area contributed by atoms with Gasteiger partial charge in [0.1, 0.15) is 5.41 Å². The number of benzene rings is 1. The first-order valence-electron chi connectivity index (χ1n) is 6.61. The third kappa shape index (κ3) is 2.14. The largest absolute Gasteiger partial charge is 0.335 e. The Labute approximate surface area is 138 Å². The highest BCUT2D eigenvalue weighted by Gasteiger charge is 2.55. The van der Waals surface area contributed by atoms with E-state index in [4.69, 9.17) is 0 Å². The number of nitrogens with zero attached hydrogens (tertiary/aromatic N) is 1. The maximum atomic E-state index is 12.9. The lowest BCUT2D eigenvalue weighted by Gasteiger charge is -2.37. The van der Waals surface area contributed by atoms with Crippen LogP contribution in [0.25, 0.3) is 0 Å². The Hall–Kier alpha value is -1.21. The Morgan fingerprint density at radius 3 is 2.19 bits per heavy atom. The molecule has 21 heavy (non-hydrogen) atoms. The fourth-order valence-electron chi connectivity index (χ4n) is 3.00. The Morgan fingerprint density at radius 2 is 1.62 bits per heavy atom. The van der Waals surface area contributed by atoms with Crippen LogP contribution in [0.1, 0.15) is 25.7 Å². The van der Waals surface area contributed by atoms with E-state index in [1.165, 1.54) is 0 Å². The molecule has 1 saturated carbocycles. The summed E-state index contributed by atoms with van der Waals surface area (Å²) in [6.45, 7) is 0. The molecule has 5 nitrogen and oxygen atoms in total. The van der Waals surface area contributed by atoms with Gasteiger partial charge in [-0.1, -0.05) is 18.9 Å². The van der Waals surface area contributed by atoms with Gasteiger partial charge in [-0.2, -0.15) is 0 Å². The summed E-state index contributed by atoms with van der Waals surface area (Å²) in [4.78, 5) is 38.3. The van der Waals surface area contributed by atoms with Crippen molar-refractivity contribution < 1.29 is 14.4 Å². The lowest BCUT2D eigenvalue weighted by atomic mass is 9.82. The molecule has 0 bridgehead atoms. The molecule has 1 aliphatic carbocycles. The molecule has 2 aliphatic rings. The second-order valence-corrected chi connectivity index (χ2v) is 6.97. The van der Waals surface area contributed by atoms with Gasteiger partial charge in [-0.05, 0) is 56.8 Å². The van der Waals surface area contributed by atoms with Crippen LogP contribution in [0.4, 0.5) is 10.5 Å². The van der Waals surface area contributed by atoms with Crippen molar-refractivity contribution in [2.45, 2.75) is 25.7 Å². The molecule has 4 amide bonds. The molecule has 1 spiro atoms. The number of halogens is 2. The average Bonchev–Trinajstić information content (AvgIpc) is 2.91. The van der Waals surface area contributed by atoms with E-state index in [1.807, 2.05) is 0 Å². The fraction of sp³-hybridized carbons (Fsp3) is 0.357. The number of rotatable bonds is 1. The molecule has 0 aromatic heterocycles. The van der Waals surface area contributed by atoms with Gasteiger partial charge in [-0.25, -0.2) is 9.69 Å². The molecule has 2 fully saturated rings. The third-order valence-electron chi connectivity index (χ3n) is 4.09. The third-order valence-corrected chi connectivity index (χ3v) is 5.37. The van der Waals surface area contributed by atoms with Crippen LogP contribution in [0, 0.1) is 5.41 Å². The zero-order valence-corrected chi connectivity index (χ0v) is 14.2. The van der Waals surface area contributed by atoms with Crippen molar-refractivity contribution in [1.82, 2.24) is 5.32 Å². The van der Waals surface area contributed by atoms with Crippen molar-refractivity contribution in [2.24, 2.45) is 5.41 Å². The maximum Gasteiger partial charge on any atom is 0.335 e. The first-order chi connectivity index (χ1) is 9.97. The highest BCUT2D eigenvalue weighted by Crippen LogP contribution is 2.45. The average molecular weight is 416 g/mol. The van der Waals surface area contributed by atoms with Crippen LogP contribution in [0.3, 0.4) is 0 Å². The summed E-state index contributed by atoms with van der Waals surface area (Å²) < 4.78 is 1.23. The van der Waals surface area contributed by atoms with E-state index in [-0.39, 0.29) is 0 Å². The van der Waals surface area contributed by atoms with E-state index in [9.17, 15) is 14.4 Å². The van der Waals surface area contributed by atoms with Crippen LogP contribution < -0.4 is 10.2 Å². The number of para-hydroxylation sites is 1. The van der Waals surface area contributed by atoms with Crippen LogP contribution in [0.15, 0.2) is 27.1 Å². The van der Waals surface area contributed by atoms with Gasteiger partial charge >= 0.3 is 6.03 Å². The van der Waals surface area contributed by atoms with E-state index >= 15 is 0 Å². The zero-order valence-electron chi connectivity index (χ0n) is 11.0. The van der Waals surface area contributed by atoms with E-state index < -0.39 is 23.3 Å². The van der Waals surface area contributed by atoms with Crippen molar-refractivity contribution >= 4 is 55.4 Å². The number of anilines is 1. The van der Waals surface area contributed by atoms with Crippen molar-refractivity contribution in [3.63, 3.8) is 0 Å². The topological polar surface area (TPSA) is 66.5 Å². The van der Waals surface area contributed by atoms with Crippen molar-refractivity contribution in [3.8, 4) is 0 Å². The maximum absolute atomic E-state index is 12.9. The number of amides is 4. The summed E-state index contributed by atoms with van der Waals surface area (Å²) >= 11 is 6.72. The Kier molecular flexibility index (Phi) is 3.65. The molecular weight excluding hydrogens is 404 g/mol. The van der Waals surface area contributed by atoms with Crippen LogP contribution >= 0.6 is 31.9 Å². The molecule has 1 aromatic carbocycles. The van der Waals surface area contributed by atoms with Crippen LogP contribution in [0.5, 0.6) is 0 Å². The van der Waals surface area contributed by atoms with E-state index in [0.717, 1.165) is 17.7 Å². The van der Waals surface area contributed by atoms with Crippen LogP contribution in [0.2, 0.25) is 0 Å². The van der Waals surface area contributed by atoms with Crippen molar-refractivity contribution in [2.75, 3.05) is 4.90 Å². The number of hydrogen-bond acceptors (Lipinski definition) is 3. The summed E-state index contributed by atoms with van der Waals surface area (Å²) in [5.74, 6) is -0.893. The minimum atomic E-state index is -1.09. The van der Waals surface area contributed by atoms with E-state index in [1.54, 1.807) is 18.2 Å². The lowest BCUT2D eigenvalue weighted by molar-refractivity contribution is -0.142. The quantitative estimate of drug-likeness (QED) is 0.715. The van der Waals surface area contributed by atoms with E-state index in [0.29, 0.717) is 27.5 Å². The Bertz CT molecular complexity index is 633. The normalized spacial score (nSPS) is 21.0. The molecule has 1 N–H and O–H groups in total. The molecule has 110 valence electrons. The first kappa shape index (κ1) is 14.7. The predicted molar refractivity (Wildman–Crippen MR) is 83.8 cm³/mol. The van der Waals surface area contributed by atoms with Gasteiger partial charge in [0.05, 0.1) is 5.69 Å². The van der Waals surface area contributed by atoms with Gasteiger partial charge in [0, 0.05) is 8.95 Å². The predicted octanol–water partition coefficient (Wildman–Crippen LogP) is 3.35. The number of carbonyl (C=O) groups excluding carboxylic acids is 3. The summed E-state index contributed by atoms with van der Waals surface area (Å²) in [6, 6.07) is 4.59. The lowest BCUT2D eigenvalue weighted by Crippen LogP contribution is -2.63. The van der Waals surface area contributed by atoms with Crippen LogP contribution in [-0.4, -0.2) is 17.8 Å². The molecule has 1 aliphatic heterocycles. The number of barbiturate groups is 1. The summed E-state index contributed by atoms with van der Waals surface area (Å²) in [5, 5.41) is 2.33. The van der Waals surface area contributed by atoms with Crippen LogP contribution in [-0.2, 0) is 9.59 Å². The van der Waals surface area contributed by atoms with Gasteiger partial charge in [-0.3, -0.25) is 14.9 Å². The first-order valence-corrected chi connectivity index (χ1v) is 8.20. The SMILES string of the molecule is O=C1NC(=O)C2(CCCC2)C(=O)N1c1c(Br)cccc1Br. The molecule has 7 heteroatoms. The molecule has 3 rings (SSSR count). The monoisotopic (exact) mass is 414 g/mol. The van der Waals surface area contributed by atoms with Gasteiger partial charge < -0.3 is 0 Å². The fourth-order valence-corrected chi connectivity index (χ4v) is 4.35. The van der Waals surface area contributed by atoms with Crippen molar-refractivity contribution in [3.05, 3.63) is 27.1 Å². The summed E-state index contributed by atoms with van der Waals surface area (Å²) in [7, 11) is 0. The number of hydrogen-bond donors (Lipinski definition) is 1. The van der Waals surface area contributed by atoms with Gasteiger partial charge in [-0.15, -0.1) is 0 Å².